The predicted molar refractivity (Wildman–Crippen MR) is 89.4 cm³/mol. The number of nitrogens with zero attached hydrogens (tertiary/aromatic N) is 4. The van der Waals surface area contributed by atoms with Crippen LogP contribution >= 0.6 is 0 Å². The van der Waals surface area contributed by atoms with Crippen LogP contribution in [0.5, 0.6) is 5.75 Å². The molecule has 8 heteroatoms. The first-order valence-corrected chi connectivity index (χ1v) is 7.99. The van der Waals surface area contributed by atoms with E-state index >= 15 is 0 Å². The van der Waals surface area contributed by atoms with Crippen LogP contribution in [-0.4, -0.2) is 38.7 Å². The van der Waals surface area contributed by atoms with Gasteiger partial charge in [-0.25, -0.2) is 0 Å². The smallest absolute Gasteiger partial charge is 0.250 e. The van der Waals surface area contributed by atoms with Gasteiger partial charge in [-0.3, -0.25) is 19.6 Å². The first kappa shape index (κ1) is 16.9. The molecule has 132 valence electrons. The van der Waals surface area contributed by atoms with Gasteiger partial charge in [0.2, 0.25) is 11.9 Å². The Labute approximate surface area is 145 Å². The highest BCUT2D eigenvalue weighted by Gasteiger charge is 2.54. The first-order chi connectivity index (χ1) is 11.9. The van der Waals surface area contributed by atoms with Crippen molar-refractivity contribution in [1.29, 1.82) is 0 Å². The number of rotatable bonds is 5. The molecule has 0 saturated carbocycles. The van der Waals surface area contributed by atoms with Crippen LogP contribution in [0, 0.1) is 16.0 Å². The monoisotopic (exact) mass is 344 g/mol. The molecule has 3 rings (SSSR count). The molecular formula is C17H20N4O4. The summed E-state index contributed by atoms with van der Waals surface area (Å²) in [5, 5.41) is 15.9. The Kier molecular flexibility index (Phi) is 4.43. The molecule has 0 radical (unpaired) electrons. The number of hydrogen-bond acceptors (Lipinski definition) is 5. The summed E-state index contributed by atoms with van der Waals surface area (Å²) in [6, 6.07) is 7.35. The molecule has 8 nitrogen and oxygen atoms in total. The number of hydrogen-bond donors (Lipinski definition) is 0. The summed E-state index contributed by atoms with van der Waals surface area (Å²) in [5.41, 5.74) is 1.42. The van der Waals surface area contributed by atoms with Crippen molar-refractivity contribution in [2.45, 2.75) is 25.6 Å². The van der Waals surface area contributed by atoms with Crippen LogP contribution < -0.4 is 4.74 Å². The minimum Gasteiger partial charge on any atom is -0.497 e. The van der Waals surface area contributed by atoms with Gasteiger partial charge in [-0.1, -0.05) is 12.1 Å². The molecular weight excluding hydrogens is 324 g/mol. The molecule has 0 spiro atoms. The molecule has 0 bridgehead atoms. The van der Waals surface area contributed by atoms with E-state index in [1.54, 1.807) is 55.1 Å². The third-order valence-electron chi connectivity index (χ3n) is 4.64. The maximum absolute atomic E-state index is 12.7. The van der Waals surface area contributed by atoms with Gasteiger partial charge in [0.1, 0.15) is 17.7 Å². The molecule has 3 atom stereocenters. The van der Waals surface area contributed by atoms with Crippen LogP contribution in [0.25, 0.3) is 0 Å². The van der Waals surface area contributed by atoms with E-state index in [-0.39, 0.29) is 10.8 Å². The van der Waals surface area contributed by atoms with Crippen LogP contribution in [0.2, 0.25) is 0 Å². The summed E-state index contributed by atoms with van der Waals surface area (Å²) < 4.78 is 6.73. The van der Waals surface area contributed by atoms with Crippen molar-refractivity contribution in [3.63, 3.8) is 0 Å². The highest BCUT2D eigenvalue weighted by atomic mass is 16.6. The van der Waals surface area contributed by atoms with E-state index in [0.717, 1.165) is 5.56 Å². The van der Waals surface area contributed by atoms with Gasteiger partial charge < -0.3 is 9.64 Å². The van der Waals surface area contributed by atoms with Gasteiger partial charge in [0.05, 0.1) is 12.8 Å². The quantitative estimate of drug-likeness (QED) is 0.609. The fourth-order valence-electron chi connectivity index (χ4n) is 3.33. The molecule has 1 unspecified atom stereocenters. The molecule has 1 aliphatic heterocycles. The lowest BCUT2D eigenvalue weighted by Crippen LogP contribution is -2.33. The van der Waals surface area contributed by atoms with E-state index in [0.29, 0.717) is 18.0 Å². The fourth-order valence-corrected chi connectivity index (χ4v) is 3.33. The molecule has 1 saturated heterocycles. The predicted octanol–water partition coefficient (Wildman–Crippen LogP) is 1.79. The molecule has 1 amide bonds. The van der Waals surface area contributed by atoms with Crippen molar-refractivity contribution in [2.75, 3.05) is 7.11 Å². The zero-order chi connectivity index (χ0) is 18.1. The van der Waals surface area contributed by atoms with E-state index in [9.17, 15) is 14.9 Å². The molecule has 2 heterocycles. The molecule has 1 aliphatic rings. The van der Waals surface area contributed by atoms with Gasteiger partial charge in [0.25, 0.3) is 0 Å². The Hall–Kier alpha value is -2.90. The van der Waals surface area contributed by atoms with Crippen LogP contribution in [0.15, 0.2) is 36.5 Å². The van der Waals surface area contributed by atoms with E-state index in [2.05, 4.69) is 5.10 Å². The average molecular weight is 344 g/mol. The third-order valence-corrected chi connectivity index (χ3v) is 4.64. The summed E-state index contributed by atoms with van der Waals surface area (Å²) >= 11 is 0. The minimum atomic E-state index is -1.01. The topological polar surface area (TPSA) is 90.5 Å². The Bertz CT molecular complexity index is 786. The first-order valence-electron chi connectivity index (χ1n) is 7.99. The standard InChI is InChI=1S/C17H20N4O4/c1-11-15(21(23)24)16(14-8-9-19(2)18-14)20(17(11)22)10-12-4-6-13(25-3)7-5-12/h4-9,11,15-16H,10H2,1-3H3/t11-,15-,16?/m0/s1. The molecule has 0 aliphatic carbocycles. The minimum absolute atomic E-state index is 0.229. The lowest BCUT2D eigenvalue weighted by molar-refractivity contribution is -0.532. The number of benzene rings is 1. The number of amides is 1. The third kappa shape index (κ3) is 3.07. The fraction of sp³-hybridized carbons (Fsp3) is 0.412. The normalized spacial score (nSPS) is 23.1. The molecule has 1 aromatic heterocycles. The Morgan fingerprint density at radius 1 is 1.28 bits per heavy atom. The Morgan fingerprint density at radius 3 is 2.48 bits per heavy atom. The maximum Gasteiger partial charge on any atom is 0.250 e. The van der Waals surface area contributed by atoms with E-state index in [1.807, 2.05) is 12.1 Å². The second kappa shape index (κ2) is 6.54. The van der Waals surface area contributed by atoms with E-state index in [1.165, 1.54) is 0 Å². The lowest BCUT2D eigenvalue weighted by Gasteiger charge is -2.23. The average Bonchev–Trinajstić information content (AvgIpc) is 3.12. The molecule has 2 aromatic rings. The SMILES string of the molecule is COc1ccc(CN2C(=O)[C@@H](C)[C@H]([N+](=O)[O-])C2c2ccn(C)n2)cc1. The lowest BCUT2D eigenvalue weighted by atomic mass is 9.99. The number of carbonyl (C=O) groups excluding carboxylic acids is 1. The summed E-state index contributed by atoms with van der Waals surface area (Å²) in [7, 11) is 3.33. The molecule has 1 fully saturated rings. The number of likely N-dealkylation sites (tertiary alicyclic amines) is 1. The van der Waals surface area contributed by atoms with Crippen molar-refractivity contribution in [3.8, 4) is 5.75 Å². The van der Waals surface area contributed by atoms with E-state index in [4.69, 9.17) is 4.74 Å². The summed E-state index contributed by atoms with van der Waals surface area (Å²) in [5.74, 6) is -0.206. The zero-order valence-electron chi connectivity index (χ0n) is 14.3. The number of aromatic nitrogens is 2. The van der Waals surface area contributed by atoms with Crippen LogP contribution in [0.1, 0.15) is 24.2 Å². The van der Waals surface area contributed by atoms with Gasteiger partial charge in [0, 0.05) is 24.7 Å². The second-order valence-corrected chi connectivity index (χ2v) is 6.24. The highest BCUT2D eigenvalue weighted by Crippen LogP contribution is 2.38. The number of aryl methyl sites for hydroxylation is 1. The van der Waals surface area contributed by atoms with E-state index < -0.39 is 18.0 Å². The van der Waals surface area contributed by atoms with Gasteiger partial charge in [-0.05, 0) is 30.7 Å². The Morgan fingerprint density at radius 2 is 1.96 bits per heavy atom. The number of nitro groups is 1. The van der Waals surface area contributed by atoms with Gasteiger partial charge >= 0.3 is 0 Å². The second-order valence-electron chi connectivity index (χ2n) is 6.24. The number of ether oxygens (including phenoxy) is 1. The number of carbonyl (C=O) groups is 1. The molecule has 1 aromatic carbocycles. The van der Waals surface area contributed by atoms with Crippen LogP contribution in [0.3, 0.4) is 0 Å². The van der Waals surface area contributed by atoms with Crippen molar-refractivity contribution in [3.05, 3.63) is 57.9 Å². The van der Waals surface area contributed by atoms with Gasteiger partial charge in [0.15, 0.2) is 0 Å². The molecule has 0 N–H and O–H groups in total. The summed E-state index contributed by atoms with van der Waals surface area (Å²) in [6.45, 7) is 1.90. The maximum atomic E-state index is 12.7. The molecule has 25 heavy (non-hydrogen) atoms. The number of methoxy groups -OCH3 is 1. The van der Waals surface area contributed by atoms with Gasteiger partial charge in [-0.2, -0.15) is 5.10 Å². The zero-order valence-corrected chi connectivity index (χ0v) is 14.3. The van der Waals surface area contributed by atoms with Crippen LogP contribution in [0.4, 0.5) is 0 Å². The van der Waals surface area contributed by atoms with Gasteiger partial charge in [-0.15, -0.1) is 0 Å². The van der Waals surface area contributed by atoms with Crippen molar-refractivity contribution >= 4 is 5.91 Å². The largest absolute Gasteiger partial charge is 0.497 e. The van der Waals surface area contributed by atoms with Crippen molar-refractivity contribution in [1.82, 2.24) is 14.7 Å². The van der Waals surface area contributed by atoms with Crippen LogP contribution in [-0.2, 0) is 18.4 Å². The highest BCUT2D eigenvalue weighted by molar-refractivity contribution is 5.82. The Balaban J connectivity index is 1.95. The van der Waals surface area contributed by atoms with Crippen molar-refractivity contribution in [2.24, 2.45) is 13.0 Å². The summed E-state index contributed by atoms with van der Waals surface area (Å²) in [4.78, 5) is 25.5. The van der Waals surface area contributed by atoms with Crippen molar-refractivity contribution < 1.29 is 14.5 Å². The summed E-state index contributed by atoms with van der Waals surface area (Å²) in [6.07, 6.45) is 1.73.